The molecule has 3 aromatic rings. The van der Waals surface area contributed by atoms with E-state index in [0.29, 0.717) is 23.0 Å². The Morgan fingerprint density at radius 2 is 2.10 bits per heavy atom. The zero-order valence-corrected chi connectivity index (χ0v) is 16.5. The van der Waals surface area contributed by atoms with E-state index in [4.69, 9.17) is 9.15 Å². The summed E-state index contributed by atoms with van der Waals surface area (Å²) in [6.07, 6.45) is 4.14. The average Bonchev–Trinajstić information content (AvgIpc) is 3.25. The van der Waals surface area contributed by atoms with Crippen LogP contribution in [-0.4, -0.2) is 28.4 Å². The quantitative estimate of drug-likeness (QED) is 0.544. The van der Waals surface area contributed by atoms with Crippen molar-refractivity contribution in [2.45, 2.75) is 20.0 Å². The molecule has 0 radical (unpaired) electrons. The molecular formula is C22H17F2N3O4. The molecule has 0 fully saturated rings. The summed E-state index contributed by atoms with van der Waals surface area (Å²) in [4.78, 5) is 20.9. The first-order chi connectivity index (χ1) is 14.8. The van der Waals surface area contributed by atoms with Gasteiger partial charge in [-0.3, -0.25) is 0 Å². The summed E-state index contributed by atoms with van der Waals surface area (Å²) in [6.45, 7) is 3.28. The van der Waals surface area contributed by atoms with Crippen LogP contribution in [0.3, 0.4) is 0 Å². The second-order valence-corrected chi connectivity index (χ2v) is 6.95. The lowest BCUT2D eigenvalue weighted by Gasteiger charge is -2.09. The number of ether oxygens (including phenoxy) is 1. The summed E-state index contributed by atoms with van der Waals surface area (Å²) >= 11 is 0. The van der Waals surface area contributed by atoms with Crippen molar-refractivity contribution < 1.29 is 27.8 Å². The number of anilines is 2. The molecule has 158 valence electrons. The van der Waals surface area contributed by atoms with Gasteiger partial charge in [-0.1, -0.05) is 0 Å². The molecule has 0 unspecified atom stereocenters. The predicted octanol–water partition coefficient (Wildman–Crippen LogP) is 5.22. The number of carbonyl (C=O) groups is 1. The smallest absolute Gasteiger partial charge is 0.347 e. The molecule has 7 nitrogen and oxygen atoms in total. The summed E-state index contributed by atoms with van der Waals surface area (Å²) in [6, 6.07) is 6.40. The highest BCUT2D eigenvalue weighted by molar-refractivity contribution is 6.21. The number of aromatic hydroxyl groups is 1. The SMILES string of the molecule is CC(C)OC(=O)c1c(Nc2ccc(F)cc2F)oc(C=C2C=Nc3ncccc32)c1O. The molecule has 0 amide bonds. The third-order valence-corrected chi connectivity index (χ3v) is 4.35. The summed E-state index contributed by atoms with van der Waals surface area (Å²) < 4.78 is 38.2. The van der Waals surface area contributed by atoms with Crippen LogP contribution in [0.15, 0.2) is 45.9 Å². The van der Waals surface area contributed by atoms with Gasteiger partial charge >= 0.3 is 5.97 Å². The number of aliphatic imine (C=N–C) groups is 1. The third kappa shape index (κ3) is 4.02. The van der Waals surface area contributed by atoms with Gasteiger partial charge in [0.1, 0.15) is 11.6 Å². The number of hydrogen-bond donors (Lipinski definition) is 2. The lowest BCUT2D eigenvalue weighted by Crippen LogP contribution is -2.12. The molecule has 3 heterocycles. The van der Waals surface area contributed by atoms with Gasteiger partial charge in [0, 0.05) is 29.6 Å². The highest BCUT2D eigenvalue weighted by atomic mass is 19.1. The van der Waals surface area contributed by atoms with Crippen molar-refractivity contribution in [1.29, 1.82) is 0 Å². The number of pyridine rings is 1. The van der Waals surface area contributed by atoms with Crippen molar-refractivity contribution in [3.8, 4) is 5.75 Å². The Kier molecular flexibility index (Phi) is 5.24. The van der Waals surface area contributed by atoms with Crippen molar-refractivity contribution in [1.82, 2.24) is 4.98 Å². The van der Waals surface area contributed by atoms with Gasteiger partial charge in [-0.15, -0.1) is 0 Å². The highest BCUT2D eigenvalue weighted by Gasteiger charge is 2.28. The Balaban J connectivity index is 1.78. The second-order valence-electron chi connectivity index (χ2n) is 6.95. The number of fused-ring (bicyclic) bond motifs is 1. The van der Waals surface area contributed by atoms with E-state index in [0.717, 1.165) is 12.1 Å². The molecule has 1 aromatic carbocycles. The van der Waals surface area contributed by atoms with E-state index in [1.165, 1.54) is 6.08 Å². The molecule has 31 heavy (non-hydrogen) atoms. The van der Waals surface area contributed by atoms with Gasteiger partial charge in [0.2, 0.25) is 5.88 Å². The molecule has 0 saturated heterocycles. The third-order valence-electron chi connectivity index (χ3n) is 4.35. The second kappa shape index (κ2) is 8.02. The largest absolute Gasteiger partial charge is 0.504 e. The maximum atomic E-state index is 14.1. The van der Waals surface area contributed by atoms with E-state index in [2.05, 4.69) is 15.3 Å². The van der Waals surface area contributed by atoms with Gasteiger partial charge in [0.05, 0.1) is 11.8 Å². The molecule has 2 N–H and O–H groups in total. The fourth-order valence-electron chi connectivity index (χ4n) is 2.98. The minimum absolute atomic E-state index is 0.0705. The summed E-state index contributed by atoms with van der Waals surface area (Å²) in [5.41, 5.74) is 0.842. The van der Waals surface area contributed by atoms with Gasteiger partial charge in [-0.25, -0.2) is 23.6 Å². The molecule has 0 aliphatic carbocycles. The number of hydrogen-bond acceptors (Lipinski definition) is 7. The van der Waals surface area contributed by atoms with E-state index >= 15 is 0 Å². The molecule has 0 atom stereocenters. The number of furan rings is 1. The fraction of sp³-hybridized carbons (Fsp3) is 0.136. The highest BCUT2D eigenvalue weighted by Crippen LogP contribution is 2.39. The molecule has 4 rings (SSSR count). The van der Waals surface area contributed by atoms with E-state index in [1.54, 1.807) is 38.4 Å². The Hall–Kier alpha value is -4.01. The minimum atomic E-state index is -0.901. The number of esters is 1. The van der Waals surface area contributed by atoms with Crippen LogP contribution in [0.4, 0.5) is 26.2 Å². The topological polar surface area (TPSA) is 97.0 Å². The van der Waals surface area contributed by atoms with Crippen molar-refractivity contribution in [2.75, 3.05) is 5.32 Å². The standard InChI is InChI=1S/C22H17F2N3O4/c1-11(2)30-22(29)18-19(28)17(8-12-10-26-20-14(12)4-3-7-25-20)31-21(18)27-16-6-5-13(23)9-15(16)24/h3-11,27-28H,1-2H3. The van der Waals surface area contributed by atoms with E-state index in [-0.39, 0.29) is 22.9 Å². The maximum Gasteiger partial charge on any atom is 0.347 e. The Labute approximate surface area is 175 Å². The molecule has 0 bridgehead atoms. The first kappa shape index (κ1) is 20.3. The number of carbonyl (C=O) groups excluding carboxylic acids is 1. The van der Waals surface area contributed by atoms with Crippen LogP contribution < -0.4 is 5.32 Å². The van der Waals surface area contributed by atoms with Crippen LogP contribution in [0.5, 0.6) is 5.75 Å². The zero-order chi connectivity index (χ0) is 22.1. The van der Waals surface area contributed by atoms with Crippen LogP contribution in [0, 0.1) is 11.6 Å². The predicted molar refractivity (Wildman–Crippen MR) is 111 cm³/mol. The van der Waals surface area contributed by atoms with Crippen LogP contribution in [-0.2, 0) is 4.74 Å². The van der Waals surface area contributed by atoms with Gasteiger partial charge in [0.25, 0.3) is 0 Å². The van der Waals surface area contributed by atoms with E-state index in [9.17, 15) is 18.7 Å². The number of rotatable bonds is 5. The number of aromatic nitrogens is 1. The molecule has 0 spiro atoms. The Bertz CT molecular complexity index is 1230. The number of nitrogens with zero attached hydrogens (tertiary/aromatic N) is 2. The number of benzene rings is 1. The first-order valence-electron chi connectivity index (χ1n) is 9.33. The van der Waals surface area contributed by atoms with Crippen molar-refractivity contribution in [3.05, 3.63) is 65.1 Å². The zero-order valence-electron chi connectivity index (χ0n) is 16.5. The van der Waals surface area contributed by atoms with Gasteiger partial charge in [0.15, 0.2) is 22.9 Å². The number of halogens is 2. The Morgan fingerprint density at radius 3 is 2.84 bits per heavy atom. The average molecular weight is 425 g/mol. The van der Waals surface area contributed by atoms with E-state index < -0.39 is 29.5 Å². The summed E-state index contributed by atoms with van der Waals surface area (Å²) in [7, 11) is 0. The van der Waals surface area contributed by atoms with Crippen LogP contribution in [0.25, 0.3) is 11.6 Å². The monoisotopic (exact) mass is 425 g/mol. The molecule has 2 aromatic heterocycles. The number of nitrogens with one attached hydrogen (secondary N) is 1. The van der Waals surface area contributed by atoms with Gasteiger partial charge < -0.3 is 19.6 Å². The van der Waals surface area contributed by atoms with Crippen molar-refractivity contribution in [3.63, 3.8) is 0 Å². The summed E-state index contributed by atoms with van der Waals surface area (Å²) in [5, 5.41) is 13.3. The lowest BCUT2D eigenvalue weighted by molar-refractivity contribution is 0.0376. The molecule has 1 aliphatic rings. The first-order valence-corrected chi connectivity index (χ1v) is 9.33. The molecule has 0 saturated carbocycles. The van der Waals surface area contributed by atoms with E-state index in [1.807, 2.05) is 0 Å². The summed E-state index contributed by atoms with van der Waals surface area (Å²) in [5.74, 6) is -2.83. The lowest BCUT2D eigenvalue weighted by atomic mass is 10.1. The van der Waals surface area contributed by atoms with Crippen molar-refractivity contribution >= 4 is 41.2 Å². The van der Waals surface area contributed by atoms with Crippen LogP contribution in [0.2, 0.25) is 0 Å². The molecule has 1 aliphatic heterocycles. The van der Waals surface area contributed by atoms with Crippen LogP contribution >= 0.6 is 0 Å². The minimum Gasteiger partial charge on any atom is -0.504 e. The van der Waals surface area contributed by atoms with Crippen LogP contribution in [0.1, 0.15) is 35.5 Å². The number of allylic oxidation sites excluding steroid dienone is 1. The van der Waals surface area contributed by atoms with Crippen molar-refractivity contribution in [2.24, 2.45) is 4.99 Å². The maximum absolute atomic E-state index is 14.1. The fourth-order valence-corrected chi connectivity index (χ4v) is 2.98. The normalized spacial score (nSPS) is 13.6. The van der Waals surface area contributed by atoms with Gasteiger partial charge in [-0.2, -0.15) is 0 Å². The molecular weight excluding hydrogens is 408 g/mol. The Morgan fingerprint density at radius 1 is 1.29 bits per heavy atom. The molecule has 9 heteroatoms. The van der Waals surface area contributed by atoms with Gasteiger partial charge in [-0.05, 0) is 44.2 Å².